The second-order valence-corrected chi connectivity index (χ2v) is 16.9. The molecule has 0 saturated heterocycles. The number of nitrogens with zero attached hydrogens (tertiary/aromatic N) is 2. The zero-order valence-electron chi connectivity index (χ0n) is 22.1. The molecule has 190 valence electrons. The molecule has 0 spiro atoms. The Bertz CT molecular complexity index is 1410. The number of fused-ring (bicyclic) bond motifs is 1. The van der Waals surface area contributed by atoms with Crippen molar-refractivity contribution in [1.82, 2.24) is 4.98 Å². The van der Waals surface area contributed by atoms with Gasteiger partial charge in [0.2, 0.25) is 8.32 Å². The molecule has 0 radical (unpaired) electrons. The average molecular weight is 529 g/mol. The number of carbonyl (C=O) groups is 1. The van der Waals surface area contributed by atoms with Crippen LogP contribution in [-0.2, 0) is 12.8 Å². The number of hydrogen-bond acceptors (Lipinski definition) is 5. The van der Waals surface area contributed by atoms with Crippen molar-refractivity contribution in [2.45, 2.75) is 57.8 Å². The maximum atomic E-state index is 13.5. The molecule has 1 atom stereocenters. The van der Waals surface area contributed by atoms with Gasteiger partial charge in [-0.15, -0.1) is 11.3 Å². The molecular weight excluding hydrogens is 495 g/mol. The molecule has 3 heterocycles. The lowest BCUT2D eigenvalue weighted by molar-refractivity contribution is -0.552. The van der Waals surface area contributed by atoms with Crippen LogP contribution in [0.2, 0.25) is 18.1 Å². The Balaban J connectivity index is 1.53. The van der Waals surface area contributed by atoms with Crippen molar-refractivity contribution in [1.29, 1.82) is 0 Å². The minimum absolute atomic E-state index is 0.0510. The Morgan fingerprint density at radius 1 is 1.05 bits per heavy atom. The summed E-state index contributed by atoms with van der Waals surface area (Å²) in [5.41, 5.74) is 3.72. The zero-order chi connectivity index (χ0) is 26.2. The van der Waals surface area contributed by atoms with E-state index in [0.717, 1.165) is 34.1 Å². The second-order valence-electron chi connectivity index (χ2n) is 11.2. The highest BCUT2D eigenvalue weighted by Gasteiger charge is 2.41. The summed E-state index contributed by atoms with van der Waals surface area (Å²) < 4.78 is 8.33. The first kappa shape index (κ1) is 25.4. The van der Waals surface area contributed by atoms with Crippen molar-refractivity contribution in [3.05, 3.63) is 94.4 Å². The van der Waals surface area contributed by atoms with Crippen LogP contribution >= 0.6 is 11.3 Å². The van der Waals surface area contributed by atoms with Crippen molar-refractivity contribution in [2.24, 2.45) is 0 Å². The van der Waals surface area contributed by atoms with E-state index in [1.54, 1.807) is 15.9 Å². The quantitative estimate of drug-likeness (QED) is 0.213. The van der Waals surface area contributed by atoms with Crippen molar-refractivity contribution in [3.63, 3.8) is 0 Å². The Morgan fingerprint density at radius 3 is 2.54 bits per heavy atom. The molecule has 37 heavy (non-hydrogen) atoms. The first-order chi connectivity index (χ1) is 17.6. The standard InChI is InChI=1S/C30H33N3O2SSi/c1-30(2,3)37(4,5)35-23-14-9-13-22(18-23)27-20-33-28(25(31-27)17-21-11-7-6-8-12-21)32-26(29(33)34)19-24-15-10-16-36-24/h6-16,18,20,26H,17,19H2,1-5H3/p+1. The summed E-state index contributed by atoms with van der Waals surface area (Å²) in [5.74, 6) is 1.68. The maximum absolute atomic E-state index is 13.5. The van der Waals surface area contributed by atoms with Crippen LogP contribution in [0.5, 0.6) is 5.75 Å². The second kappa shape index (κ2) is 9.87. The third-order valence-corrected chi connectivity index (χ3v) is 12.6. The molecular formula is C30H34N3O2SSi+. The minimum atomic E-state index is -1.99. The van der Waals surface area contributed by atoms with Crippen LogP contribution in [0.3, 0.4) is 0 Å². The van der Waals surface area contributed by atoms with Gasteiger partial charge in [-0.1, -0.05) is 69.3 Å². The van der Waals surface area contributed by atoms with Gasteiger partial charge in [-0.3, -0.25) is 5.32 Å². The predicted octanol–water partition coefficient (Wildman–Crippen LogP) is 6.75. The summed E-state index contributed by atoms with van der Waals surface area (Å²) in [5, 5.41) is 5.64. The lowest BCUT2D eigenvalue weighted by Crippen LogP contribution is -2.44. The molecule has 1 N–H and O–H groups in total. The van der Waals surface area contributed by atoms with Gasteiger partial charge in [0.1, 0.15) is 23.3 Å². The van der Waals surface area contributed by atoms with Gasteiger partial charge in [-0.2, -0.15) is 4.57 Å². The molecule has 4 aromatic rings. The van der Waals surface area contributed by atoms with Crippen LogP contribution in [0.4, 0.5) is 5.82 Å². The van der Waals surface area contributed by atoms with Gasteiger partial charge in [0, 0.05) is 23.3 Å². The fourth-order valence-corrected chi connectivity index (χ4v) is 6.04. The van der Waals surface area contributed by atoms with Crippen LogP contribution in [0.15, 0.2) is 78.3 Å². The molecule has 1 unspecified atom stereocenters. The largest absolute Gasteiger partial charge is 0.543 e. The van der Waals surface area contributed by atoms with Gasteiger partial charge in [-0.05, 0) is 47.3 Å². The number of thiophene rings is 1. The van der Waals surface area contributed by atoms with Gasteiger partial charge in [0.25, 0.3) is 0 Å². The van der Waals surface area contributed by atoms with Crippen LogP contribution in [0.1, 0.15) is 41.7 Å². The Labute approximate surface area is 224 Å². The van der Waals surface area contributed by atoms with Gasteiger partial charge in [0.05, 0.1) is 0 Å². The topological polar surface area (TPSA) is 55.1 Å². The molecule has 5 nitrogen and oxygen atoms in total. The van der Waals surface area contributed by atoms with Crippen LogP contribution in [0, 0.1) is 0 Å². The molecule has 5 rings (SSSR count). The molecule has 0 saturated carbocycles. The molecule has 7 heteroatoms. The molecule has 2 aromatic carbocycles. The predicted molar refractivity (Wildman–Crippen MR) is 153 cm³/mol. The van der Waals surface area contributed by atoms with Crippen molar-refractivity contribution in [3.8, 4) is 17.0 Å². The van der Waals surface area contributed by atoms with Crippen molar-refractivity contribution >= 4 is 31.4 Å². The highest BCUT2D eigenvalue weighted by molar-refractivity contribution is 7.09. The number of nitrogens with one attached hydrogen (secondary N) is 1. The van der Waals surface area contributed by atoms with Crippen LogP contribution in [0.25, 0.3) is 11.3 Å². The number of rotatable bonds is 7. The molecule has 0 aliphatic carbocycles. The SMILES string of the molecule is CC(C)(C)[Si](C)(C)Oc1cccc(-c2c[n+]3c(c(Cc4ccccc4)n2)NC(Cc2cccs2)C3=O)c1. The Kier molecular flexibility index (Phi) is 6.77. The molecule has 0 fully saturated rings. The monoisotopic (exact) mass is 528 g/mol. The van der Waals surface area contributed by atoms with E-state index in [2.05, 4.69) is 68.8 Å². The molecule has 1 aliphatic rings. The normalized spacial score (nSPS) is 15.4. The number of benzene rings is 2. The summed E-state index contributed by atoms with van der Waals surface area (Å²) >= 11 is 1.68. The minimum Gasteiger partial charge on any atom is -0.543 e. The Hall–Kier alpha value is -3.29. The summed E-state index contributed by atoms with van der Waals surface area (Å²) in [7, 11) is -1.99. The summed E-state index contributed by atoms with van der Waals surface area (Å²) in [6.45, 7) is 11.2. The summed E-state index contributed by atoms with van der Waals surface area (Å²) in [6, 6.07) is 22.2. The van der Waals surface area contributed by atoms with E-state index in [9.17, 15) is 4.79 Å². The molecule has 0 bridgehead atoms. The van der Waals surface area contributed by atoms with Crippen molar-refractivity contribution < 1.29 is 13.8 Å². The van der Waals surface area contributed by atoms with Crippen molar-refractivity contribution in [2.75, 3.05) is 5.32 Å². The van der Waals surface area contributed by atoms with E-state index in [1.165, 1.54) is 4.88 Å². The number of hydrogen-bond donors (Lipinski definition) is 1. The highest BCUT2D eigenvalue weighted by atomic mass is 32.1. The van der Waals surface area contributed by atoms with E-state index in [-0.39, 0.29) is 17.0 Å². The lowest BCUT2D eigenvalue weighted by atomic mass is 10.1. The highest BCUT2D eigenvalue weighted by Crippen LogP contribution is 2.38. The first-order valence-electron chi connectivity index (χ1n) is 12.7. The van der Waals surface area contributed by atoms with Gasteiger partial charge in [-0.25, -0.2) is 9.78 Å². The number of anilines is 1. The zero-order valence-corrected chi connectivity index (χ0v) is 23.9. The van der Waals surface area contributed by atoms with Gasteiger partial charge >= 0.3 is 11.7 Å². The maximum Gasteiger partial charge on any atom is 0.359 e. The van der Waals surface area contributed by atoms with E-state index >= 15 is 0 Å². The number of carbonyl (C=O) groups excluding carboxylic acids is 1. The van der Waals surface area contributed by atoms with Crippen LogP contribution < -0.4 is 14.3 Å². The summed E-state index contributed by atoms with van der Waals surface area (Å²) in [6.07, 6.45) is 3.17. The number of aromatic nitrogens is 2. The first-order valence-corrected chi connectivity index (χ1v) is 16.5. The van der Waals surface area contributed by atoms with Gasteiger partial charge in [0.15, 0.2) is 6.04 Å². The van der Waals surface area contributed by atoms with E-state index in [4.69, 9.17) is 9.41 Å². The fraction of sp³-hybridized carbons (Fsp3) is 0.300. The van der Waals surface area contributed by atoms with E-state index in [0.29, 0.717) is 12.8 Å². The molecule has 1 aliphatic heterocycles. The van der Waals surface area contributed by atoms with Gasteiger partial charge < -0.3 is 4.43 Å². The average Bonchev–Trinajstić information content (AvgIpc) is 3.48. The van der Waals surface area contributed by atoms with Crippen LogP contribution in [-0.4, -0.2) is 25.3 Å². The summed E-state index contributed by atoms with van der Waals surface area (Å²) in [4.78, 5) is 19.8. The Morgan fingerprint density at radius 2 is 1.84 bits per heavy atom. The van der Waals surface area contributed by atoms with E-state index < -0.39 is 8.32 Å². The molecule has 0 amide bonds. The third-order valence-electron chi connectivity index (χ3n) is 7.38. The lowest BCUT2D eigenvalue weighted by Gasteiger charge is -2.36. The smallest absolute Gasteiger partial charge is 0.359 e. The van der Waals surface area contributed by atoms with E-state index in [1.807, 2.05) is 48.7 Å². The fourth-order valence-electron chi connectivity index (χ4n) is 4.26. The molecule has 2 aromatic heterocycles. The third kappa shape index (κ3) is 5.38.